The maximum atomic E-state index is 6.29. The molecule has 4 heterocycles. The molecule has 2 aliphatic heterocycles. The molecule has 2 aromatic carbocycles. The number of aryl methyl sites for hydroxylation is 1. The summed E-state index contributed by atoms with van der Waals surface area (Å²) in [7, 11) is 0. The van der Waals surface area contributed by atoms with Crippen molar-refractivity contribution >= 4 is 11.0 Å². The number of imidazole rings is 1. The van der Waals surface area contributed by atoms with Crippen LogP contribution < -0.4 is 4.74 Å². The highest BCUT2D eigenvalue weighted by Crippen LogP contribution is 2.35. The third-order valence-corrected chi connectivity index (χ3v) is 8.16. The molecule has 0 amide bonds. The fourth-order valence-corrected chi connectivity index (χ4v) is 5.97. The molecule has 0 radical (unpaired) electrons. The zero-order valence-corrected chi connectivity index (χ0v) is 21.6. The van der Waals surface area contributed by atoms with Crippen molar-refractivity contribution in [1.29, 1.82) is 0 Å². The zero-order valence-electron chi connectivity index (χ0n) is 21.6. The average Bonchev–Trinajstić information content (AvgIpc) is 3.26. The summed E-state index contributed by atoms with van der Waals surface area (Å²) in [5.74, 6) is 3.05. The summed E-state index contributed by atoms with van der Waals surface area (Å²) in [6.45, 7) is 10.5. The first-order valence-electron chi connectivity index (χ1n) is 13.3. The van der Waals surface area contributed by atoms with Gasteiger partial charge in [-0.25, -0.2) is 15.0 Å². The molecule has 2 aliphatic rings. The molecule has 1 N–H and O–H groups in total. The Labute approximate surface area is 213 Å². The van der Waals surface area contributed by atoms with E-state index >= 15 is 0 Å². The summed E-state index contributed by atoms with van der Waals surface area (Å²) in [5, 5.41) is 0. The van der Waals surface area contributed by atoms with Gasteiger partial charge in [0.25, 0.3) is 0 Å². The highest BCUT2D eigenvalue weighted by Gasteiger charge is 2.26. The molecule has 2 unspecified atom stereocenters. The van der Waals surface area contributed by atoms with Gasteiger partial charge in [-0.2, -0.15) is 0 Å². The smallest absolute Gasteiger partial charge is 0.122 e. The first kappa shape index (κ1) is 23.2. The predicted molar refractivity (Wildman–Crippen MR) is 143 cm³/mol. The number of likely N-dealkylation sites (N-methyl/N-ethyl adjacent to an activating group) is 1. The topological polar surface area (TPSA) is 66.9 Å². The quantitative estimate of drug-likeness (QED) is 0.415. The Morgan fingerprint density at radius 1 is 1.11 bits per heavy atom. The number of rotatable bonds is 4. The van der Waals surface area contributed by atoms with Gasteiger partial charge in [0.1, 0.15) is 17.9 Å². The van der Waals surface area contributed by atoms with Gasteiger partial charge in [0.2, 0.25) is 0 Å². The van der Waals surface area contributed by atoms with Gasteiger partial charge in [0.15, 0.2) is 0 Å². The third kappa shape index (κ3) is 4.50. The maximum Gasteiger partial charge on any atom is 0.122 e. The van der Waals surface area contributed by atoms with E-state index in [1.54, 1.807) is 6.33 Å². The Kier molecular flexibility index (Phi) is 6.22. The molecule has 0 saturated carbocycles. The molecule has 2 atom stereocenters. The van der Waals surface area contributed by atoms with Gasteiger partial charge in [-0.1, -0.05) is 26.0 Å². The normalized spacial score (nSPS) is 20.3. The molecule has 0 fully saturated rings. The van der Waals surface area contributed by atoms with Crippen molar-refractivity contribution in [3.05, 3.63) is 71.1 Å². The fourth-order valence-electron chi connectivity index (χ4n) is 5.97. The molecule has 6 rings (SSSR count). The standard InChI is InChI=1S/C30H35N5O/c1-4-35-11-9-25-27(31-18-32-29(25)17-35)15-21-10-12-36-30-8-6-22(14-24(30)13-19(21)2)23-5-7-26-28(16-23)34-20(3)33-26/h5-8,14,16,18-19,21H,4,9-13,15,17H2,1-3H3,(H,33,34). The molecule has 4 aromatic rings. The number of nitrogens with one attached hydrogen (secondary N) is 1. The Morgan fingerprint density at radius 3 is 2.86 bits per heavy atom. The number of benzene rings is 2. The van der Waals surface area contributed by atoms with Gasteiger partial charge in [-0.3, -0.25) is 4.90 Å². The third-order valence-electron chi connectivity index (χ3n) is 8.16. The number of aromatic nitrogens is 4. The Balaban J connectivity index is 1.24. The van der Waals surface area contributed by atoms with Crippen molar-refractivity contribution in [2.75, 3.05) is 19.7 Å². The van der Waals surface area contributed by atoms with Crippen LogP contribution in [0.2, 0.25) is 0 Å². The minimum atomic E-state index is 0.536. The van der Waals surface area contributed by atoms with E-state index < -0.39 is 0 Å². The lowest BCUT2D eigenvalue weighted by atomic mass is 9.81. The molecule has 6 heteroatoms. The second-order valence-corrected chi connectivity index (χ2v) is 10.5. The number of hydrogen-bond donors (Lipinski definition) is 1. The minimum absolute atomic E-state index is 0.536. The van der Waals surface area contributed by atoms with Crippen LogP contribution in [0.1, 0.15) is 48.6 Å². The lowest BCUT2D eigenvalue weighted by Crippen LogP contribution is -2.32. The van der Waals surface area contributed by atoms with Crippen LogP contribution in [0, 0.1) is 18.8 Å². The van der Waals surface area contributed by atoms with E-state index in [1.807, 2.05) is 6.92 Å². The number of ether oxygens (including phenoxy) is 1. The van der Waals surface area contributed by atoms with E-state index in [9.17, 15) is 0 Å². The second kappa shape index (κ2) is 9.66. The molecular formula is C30H35N5O. The number of fused-ring (bicyclic) bond motifs is 3. The van der Waals surface area contributed by atoms with Gasteiger partial charge in [0, 0.05) is 18.8 Å². The Bertz CT molecular complexity index is 1390. The molecule has 0 saturated heterocycles. The number of aromatic amines is 1. The summed E-state index contributed by atoms with van der Waals surface area (Å²) < 4.78 is 6.29. The fraction of sp³-hybridized carbons (Fsp3) is 0.433. The number of hydrogen-bond acceptors (Lipinski definition) is 5. The highest BCUT2D eigenvalue weighted by atomic mass is 16.5. The molecule has 36 heavy (non-hydrogen) atoms. The van der Waals surface area contributed by atoms with Gasteiger partial charge >= 0.3 is 0 Å². The van der Waals surface area contributed by atoms with E-state index in [-0.39, 0.29) is 0 Å². The maximum absolute atomic E-state index is 6.29. The van der Waals surface area contributed by atoms with Crippen molar-refractivity contribution in [2.45, 2.75) is 53.0 Å². The summed E-state index contributed by atoms with van der Waals surface area (Å²) in [5.41, 5.74) is 9.69. The molecule has 2 aromatic heterocycles. The zero-order chi connectivity index (χ0) is 24.6. The second-order valence-electron chi connectivity index (χ2n) is 10.5. The highest BCUT2D eigenvalue weighted by molar-refractivity contribution is 5.82. The number of nitrogens with zero attached hydrogens (tertiary/aromatic N) is 4. The summed E-state index contributed by atoms with van der Waals surface area (Å²) >= 11 is 0. The molecular weight excluding hydrogens is 446 g/mol. The van der Waals surface area contributed by atoms with Crippen LogP contribution >= 0.6 is 0 Å². The van der Waals surface area contributed by atoms with Crippen LogP contribution in [0.3, 0.4) is 0 Å². The van der Waals surface area contributed by atoms with Crippen LogP contribution in [-0.2, 0) is 25.8 Å². The Morgan fingerprint density at radius 2 is 1.97 bits per heavy atom. The predicted octanol–water partition coefficient (Wildman–Crippen LogP) is 5.53. The lowest BCUT2D eigenvalue weighted by Gasteiger charge is -2.31. The summed E-state index contributed by atoms with van der Waals surface area (Å²) in [6.07, 6.45) is 5.90. The molecule has 6 nitrogen and oxygen atoms in total. The Hall–Kier alpha value is -3.25. The van der Waals surface area contributed by atoms with Crippen LogP contribution in [0.5, 0.6) is 5.75 Å². The van der Waals surface area contributed by atoms with Crippen LogP contribution in [0.4, 0.5) is 0 Å². The van der Waals surface area contributed by atoms with Gasteiger partial charge < -0.3 is 9.72 Å². The van der Waals surface area contributed by atoms with Gasteiger partial charge in [-0.15, -0.1) is 0 Å². The van der Waals surface area contributed by atoms with E-state index in [1.165, 1.54) is 33.6 Å². The van der Waals surface area contributed by atoms with Crippen molar-refractivity contribution in [1.82, 2.24) is 24.8 Å². The lowest BCUT2D eigenvalue weighted by molar-refractivity contribution is 0.219. The van der Waals surface area contributed by atoms with Gasteiger partial charge in [-0.05, 0) is 97.5 Å². The molecule has 0 aliphatic carbocycles. The molecule has 186 valence electrons. The average molecular weight is 482 g/mol. The first-order chi connectivity index (χ1) is 17.6. The monoisotopic (exact) mass is 481 g/mol. The molecule has 0 spiro atoms. The van der Waals surface area contributed by atoms with Crippen molar-refractivity contribution < 1.29 is 4.74 Å². The summed E-state index contributed by atoms with van der Waals surface area (Å²) in [6, 6.07) is 13.1. The van der Waals surface area contributed by atoms with E-state index in [2.05, 4.69) is 70.1 Å². The van der Waals surface area contributed by atoms with E-state index in [0.717, 1.165) is 74.5 Å². The first-order valence-corrected chi connectivity index (χ1v) is 13.3. The van der Waals surface area contributed by atoms with Crippen molar-refractivity contribution in [2.24, 2.45) is 11.8 Å². The van der Waals surface area contributed by atoms with Crippen molar-refractivity contribution in [3.8, 4) is 16.9 Å². The van der Waals surface area contributed by atoms with Crippen LogP contribution in [0.15, 0.2) is 42.7 Å². The van der Waals surface area contributed by atoms with Gasteiger partial charge in [0.05, 0.1) is 23.3 Å². The largest absolute Gasteiger partial charge is 0.493 e. The van der Waals surface area contributed by atoms with Crippen LogP contribution in [0.25, 0.3) is 22.2 Å². The van der Waals surface area contributed by atoms with Crippen molar-refractivity contribution in [3.63, 3.8) is 0 Å². The van der Waals surface area contributed by atoms with E-state index in [4.69, 9.17) is 9.72 Å². The minimum Gasteiger partial charge on any atom is -0.493 e. The van der Waals surface area contributed by atoms with E-state index in [0.29, 0.717) is 11.8 Å². The van der Waals surface area contributed by atoms with Crippen LogP contribution in [-0.4, -0.2) is 44.5 Å². The summed E-state index contributed by atoms with van der Waals surface area (Å²) in [4.78, 5) is 19.8. The number of H-pyrrole nitrogens is 1. The SMILES string of the molecule is CCN1CCc2c(CC3CCOc4ccc(-c5ccc6nc(C)[nH]c6c5)cc4CC3C)ncnc2C1. The molecule has 0 bridgehead atoms.